The van der Waals surface area contributed by atoms with E-state index in [1.165, 1.54) is 25.7 Å². The standard InChI is InChI=1S/C16H26N2O2/c1-16(2)9-7-11(8-10-16)14-17-15(20-18-14)12-3-5-13(19)6-4-12/h11-13,19H,3-10H2,1-2H3. The zero-order valence-electron chi connectivity index (χ0n) is 12.6. The monoisotopic (exact) mass is 278 g/mol. The Balaban J connectivity index is 1.62. The Hall–Kier alpha value is -0.900. The molecule has 3 rings (SSSR count). The number of nitrogens with zero attached hydrogens (tertiary/aromatic N) is 2. The van der Waals surface area contributed by atoms with Crippen molar-refractivity contribution in [3.8, 4) is 0 Å². The Morgan fingerprint density at radius 3 is 2.30 bits per heavy atom. The van der Waals surface area contributed by atoms with Crippen LogP contribution in [0.4, 0.5) is 0 Å². The Kier molecular flexibility index (Phi) is 3.85. The summed E-state index contributed by atoms with van der Waals surface area (Å²) in [5.74, 6) is 2.56. The highest BCUT2D eigenvalue weighted by Gasteiger charge is 2.31. The summed E-state index contributed by atoms with van der Waals surface area (Å²) in [5, 5.41) is 13.8. The van der Waals surface area contributed by atoms with E-state index < -0.39 is 0 Å². The number of aromatic nitrogens is 2. The summed E-state index contributed by atoms with van der Waals surface area (Å²) in [6, 6.07) is 0. The second-order valence-corrected chi connectivity index (χ2v) is 7.43. The largest absolute Gasteiger partial charge is 0.393 e. The van der Waals surface area contributed by atoms with E-state index >= 15 is 0 Å². The van der Waals surface area contributed by atoms with E-state index in [1.807, 2.05) is 0 Å². The van der Waals surface area contributed by atoms with E-state index in [2.05, 4.69) is 24.0 Å². The molecule has 20 heavy (non-hydrogen) atoms. The molecule has 0 amide bonds. The van der Waals surface area contributed by atoms with Crippen molar-refractivity contribution in [2.75, 3.05) is 0 Å². The molecule has 2 fully saturated rings. The second-order valence-electron chi connectivity index (χ2n) is 7.43. The van der Waals surface area contributed by atoms with Crippen LogP contribution >= 0.6 is 0 Å². The van der Waals surface area contributed by atoms with Gasteiger partial charge in [0.25, 0.3) is 0 Å². The van der Waals surface area contributed by atoms with Crippen LogP contribution in [0.3, 0.4) is 0 Å². The fourth-order valence-electron chi connectivity index (χ4n) is 3.56. The average molecular weight is 278 g/mol. The van der Waals surface area contributed by atoms with E-state index in [1.54, 1.807) is 0 Å². The predicted molar refractivity (Wildman–Crippen MR) is 76.5 cm³/mol. The molecule has 4 nitrogen and oxygen atoms in total. The maximum absolute atomic E-state index is 9.57. The molecular formula is C16H26N2O2. The van der Waals surface area contributed by atoms with Gasteiger partial charge in [0.05, 0.1) is 6.10 Å². The molecule has 0 aliphatic heterocycles. The van der Waals surface area contributed by atoms with Crippen molar-refractivity contribution in [3.63, 3.8) is 0 Å². The summed E-state index contributed by atoms with van der Waals surface area (Å²) < 4.78 is 5.50. The topological polar surface area (TPSA) is 59.2 Å². The highest BCUT2D eigenvalue weighted by Crippen LogP contribution is 2.42. The molecule has 0 atom stereocenters. The average Bonchev–Trinajstić information content (AvgIpc) is 2.89. The number of aliphatic hydroxyl groups excluding tert-OH is 1. The van der Waals surface area contributed by atoms with E-state index in [4.69, 9.17) is 4.52 Å². The molecule has 1 heterocycles. The Morgan fingerprint density at radius 1 is 1.00 bits per heavy atom. The van der Waals surface area contributed by atoms with E-state index in [0.717, 1.165) is 37.4 Å². The van der Waals surface area contributed by atoms with Crippen molar-refractivity contribution >= 4 is 0 Å². The zero-order valence-corrected chi connectivity index (χ0v) is 12.6. The third kappa shape index (κ3) is 3.05. The van der Waals surface area contributed by atoms with Gasteiger partial charge in [-0.2, -0.15) is 4.98 Å². The minimum Gasteiger partial charge on any atom is -0.393 e. The molecule has 4 heteroatoms. The molecule has 1 aromatic rings. The number of hydrogen-bond donors (Lipinski definition) is 1. The summed E-state index contributed by atoms with van der Waals surface area (Å²) in [7, 11) is 0. The van der Waals surface area contributed by atoms with Crippen LogP contribution in [0, 0.1) is 5.41 Å². The van der Waals surface area contributed by atoms with Gasteiger partial charge in [-0.3, -0.25) is 0 Å². The first-order chi connectivity index (χ1) is 9.53. The Labute approximate surface area is 121 Å². The summed E-state index contributed by atoms with van der Waals surface area (Å²) >= 11 is 0. The van der Waals surface area contributed by atoms with Gasteiger partial charge in [0.2, 0.25) is 5.89 Å². The molecule has 0 aromatic carbocycles. The molecule has 2 aliphatic carbocycles. The fourth-order valence-corrected chi connectivity index (χ4v) is 3.56. The molecule has 1 aromatic heterocycles. The lowest BCUT2D eigenvalue weighted by molar-refractivity contribution is 0.116. The molecular weight excluding hydrogens is 252 g/mol. The van der Waals surface area contributed by atoms with Gasteiger partial charge in [0, 0.05) is 11.8 Å². The minimum atomic E-state index is -0.130. The maximum atomic E-state index is 9.57. The molecule has 1 N–H and O–H groups in total. The number of hydrogen-bond acceptors (Lipinski definition) is 4. The third-order valence-corrected chi connectivity index (χ3v) is 5.21. The van der Waals surface area contributed by atoms with Gasteiger partial charge >= 0.3 is 0 Å². The first kappa shape index (κ1) is 14.1. The van der Waals surface area contributed by atoms with Crippen molar-refractivity contribution in [1.82, 2.24) is 10.1 Å². The molecule has 2 aliphatic rings. The van der Waals surface area contributed by atoms with Gasteiger partial charge in [0.15, 0.2) is 5.82 Å². The Morgan fingerprint density at radius 2 is 1.65 bits per heavy atom. The highest BCUT2D eigenvalue weighted by atomic mass is 16.5. The van der Waals surface area contributed by atoms with Crippen LogP contribution in [0.2, 0.25) is 0 Å². The van der Waals surface area contributed by atoms with Gasteiger partial charge in [-0.25, -0.2) is 0 Å². The fraction of sp³-hybridized carbons (Fsp3) is 0.875. The number of rotatable bonds is 2. The predicted octanol–water partition coefficient (Wildman–Crippen LogP) is 3.77. The van der Waals surface area contributed by atoms with Gasteiger partial charge < -0.3 is 9.63 Å². The molecule has 112 valence electrons. The zero-order chi connectivity index (χ0) is 14.2. The van der Waals surface area contributed by atoms with Crippen LogP contribution in [0.25, 0.3) is 0 Å². The SMILES string of the molecule is CC1(C)CCC(c2noc(C3CCC(O)CC3)n2)CC1. The summed E-state index contributed by atoms with van der Waals surface area (Å²) in [6.07, 6.45) is 8.38. The third-order valence-electron chi connectivity index (χ3n) is 5.21. The van der Waals surface area contributed by atoms with Crippen molar-refractivity contribution in [2.24, 2.45) is 5.41 Å². The van der Waals surface area contributed by atoms with E-state index in [-0.39, 0.29) is 6.10 Å². The second kappa shape index (κ2) is 5.47. The van der Waals surface area contributed by atoms with E-state index in [0.29, 0.717) is 17.3 Å². The lowest BCUT2D eigenvalue weighted by atomic mass is 9.73. The molecule has 0 unspecified atom stereocenters. The summed E-state index contributed by atoms with van der Waals surface area (Å²) in [4.78, 5) is 4.67. The molecule has 0 radical (unpaired) electrons. The molecule has 0 spiro atoms. The summed E-state index contributed by atoms with van der Waals surface area (Å²) in [6.45, 7) is 4.69. The van der Waals surface area contributed by atoms with Crippen LogP contribution in [-0.4, -0.2) is 21.4 Å². The lowest BCUT2D eigenvalue weighted by Crippen LogP contribution is -2.21. The lowest BCUT2D eigenvalue weighted by Gasteiger charge is -2.32. The van der Waals surface area contributed by atoms with Gasteiger partial charge in [-0.05, 0) is 56.8 Å². The van der Waals surface area contributed by atoms with Gasteiger partial charge in [0.1, 0.15) is 0 Å². The van der Waals surface area contributed by atoms with Crippen LogP contribution in [0.5, 0.6) is 0 Å². The quantitative estimate of drug-likeness (QED) is 0.894. The van der Waals surface area contributed by atoms with E-state index in [9.17, 15) is 5.11 Å². The van der Waals surface area contributed by atoms with Gasteiger partial charge in [-0.1, -0.05) is 19.0 Å². The molecule has 0 bridgehead atoms. The van der Waals surface area contributed by atoms with Crippen LogP contribution < -0.4 is 0 Å². The normalized spacial score (nSPS) is 31.4. The van der Waals surface area contributed by atoms with Crippen molar-refractivity contribution in [3.05, 3.63) is 11.7 Å². The highest BCUT2D eigenvalue weighted by molar-refractivity contribution is 5.02. The maximum Gasteiger partial charge on any atom is 0.229 e. The summed E-state index contributed by atoms with van der Waals surface area (Å²) in [5.41, 5.74) is 0.475. The van der Waals surface area contributed by atoms with Crippen molar-refractivity contribution in [1.29, 1.82) is 0 Å². The van der Waals surface area contributed by atoms with Crippen LogP contribution in [0.15, 0.2) is 4.52 Å². The number of aliphatic hydroxyl groups is 1. The molecule has 2 saturated carbocycles. The van der Waals surface area contributed by atoms with Crippen LogP contribution in [-0.2, 0) is 0 Å². The minimum absolute atomic E-state index is 0.130. The smallest absolute Gasteiger partial charge is 0.229 e. The van der Waals surface area contributed by atoms with Gasteiger partial charge in [-0.15, -0.1) is 0 Å². The van der Waals surface area contributed by atoms with Crippen LogP contribution in [0.1, 0.15) is 88.8 Å². The molecule has 0 saturated heterocycles. The first-order valence-corrected chi connectivity index (χ1v) is 8.05. The first-order valence-electron chi connectivity index (χ1n) is 8.05. The van der Waals surface area contributed by atoms with Crippen molar-refractivity contribution < 1.29 is 9.63 Å². The van der Waals surface area contributed by atoms with Crippen molar-refractivity contribution in [2.45, 2.75) is 83.2 Å². The Bertz CT molecular complexity index is 437.